The number of rotatable bonds is 3. The van der Waals surface area contributed by atoms with E-state index in [2.05, 4.69) is 50.2 Å². The fraction of sp³-hybridized carbons (Fsp3) is 0.368. The third kappa shape index (κ3) is 2.78. The largest absolute Gasteiger partial charge is 0.324 e. The third-order valence-electron chi connectivity index (χ3n) is 4.29. The first-order valence-electron chi connectivity index (χ1n) is 7.56. The molecule has 0 aliphatic heterocycles. The van der Waals surface area contributed by atoms with E-state index in [1.807, 2.05) is 0 Å². The standard InChI is InChI=1S/C19H23N/c1-13-8-14(2)10-15(9-13)11-19(20)18-7-6-16-4-3-5-17(16)12-18/h6-10,12,19H,3-5,11,20H2,1-2H3. The van der Waals surface area contributed by atoms with Crippen LogP contribution in [0.25, 0.3) is 0 Å². The second kappa shape index (κ2) is 5.41. The Labute approximate surface area is 121 Å². The molecule has 1 unspecified atom stereocenters. The molecule has 0 amide bonds. The van der Waals surface area contributed by atoms with Crippen molar-refractivity contribution in [2.45, 2.75) is 45.6 Å². The molecular weight excluding hydrogens is 242 g/mol. The molecule has 0 spiro atoms. The molecule has 3 rings (SSSR count). The van der Waals surface area contributed by atoms with Gasteiger partial charge in [0.15, 0.2) is 0 Å². The number of hydrogen-bond acceptors (Lipinski definition) is 1. The molecule has 2 aromatic carbocycles. The highest BCUT2D eigenvalue weighted by Crippen LogP contribution is 2.26. The van der Waals surface area contributed by atoms with Crippen LogP contribution in [-0.2, 0) is 19.3 Å². The lowest BCUT2D eigenvalue weighted by Crippen LogP contribution is -2.14. The van der Waals surface area contributed by atoms with Gasteiger partial charge in [0, 0.05) is 6.04 Å². The average Bonchev–Trinajstić information content (AvgIpc) is 2.84. The molecule has 0 saturated carbocycles. The molecule has 1 atom stereocenters. The van der Waals surface area contributed by atoms with Gasteiger partial charge in [-0.05, 0) is 61.8 Å². The van der Waals surface area contributed by atoms with Gasteiger partial charge < -0.3 is 5.73 Å². The minimum atomic E-state index is 0.0992. The molecule has 1 nitrogen and oxygen atoms in total. The number of benzene rings is 2. The zero-order valence-corrected chi connectivity index (χ0v) is 12.4. The zero-order valence-electron chi connectivity index (χ0n) is 12.4. The Balaban J connectivity index is 1.80. The van der Waals surface area contributed by atoms with E-state index in [4.69, 9.17) is 5.73 Å². The van der Waals surface area contributed by atoms with Gasteiger partial charge in [-0.2, -0.15) is 0 Å². The maximum Gasteiger partial charge on any atom is 0.0335 e. The average molecular weight is 265 g/mol. The van der Waals surface area contributed by atoms with E-state index in [0.717, 1.165) is 6.42 Å². The lowest BCUT2D eigenvalue weighted by molar-refractivity contribution is 0.720. The molecule has 2 aromatic rings. The SMILES string of the molecule is Cc1cc(C)cc(CC(N)c2ccc3c(c2)CCC3)c1. The van der Waals surface area contributed by atoms with Crippen molar-refractivity contribution in [2.24, 2.45) is 5.73 Å². The summed E-state index contributed by atoms with van der Waals surface area (Å²) in [4.78, 5) is 0. The highest BCUT2D eigenvalue weighted by atomic mass is 14.6. The second-order valence-electron chi connectivity index (χ2n) is 6.19. The van der Waals surface area contributed by atoms with Crippen LogP contribution in [0.4, 0.5) is 0 Å². The summed E-state index contributed by atoms with van der Waals surface area (Å²) in [5, 5.41) is 0. The van der Waals surface area contributed by atoms with Gasteiger partial charge in [-0.3, -0.25) is 0 Å². The normalized spacial score (nSPS) is 15.2. The first kappa shape index (κ1) is 13.4. The van der Waals surface area contributed by atoms with E-state index in [0.29, 0.717) is 0 Å². The molecule has 0 saturated heterocycles. The van der Waals surface area contributed by atoms with E-state index in [9.17, 15) is 0 Å². The monoisotopic (exact) mass is 265 g/mol. The summed E-state index contributed by atoms with van der Waals surface area (Å²) >= 11 is 0. The zero-order chi connectivity index (χ0) is 14.1. The highest BCUT2D eigenvalue weighted by molar-refractivity contribution is 5.37. The van der Waals surface area contributed by atoms with Crippen LogP contribution in [0.15, 0.2) is 36.4 Å². The van der Waals surface area contributed by atoms with E-state index in [1.54, 1.807) is 0 Å². The number of hydrogen-bond donors (Lipinski definition) is 1. The summed E-state index contributed by atoms with van der Waals surface area (Å²) in [5.41, 5.74) is 14.7. The third-order valence-corrected chi connectivity index (χ3v) is 4.29. The van der Waals surface area contributed by atoms with Gasteiger partial charge in [0.1, 0.15) is 0 Å². The molecule has 1 aliphatic rings. The summed E-state index contributed by atoms with van der Waals surface area (Å²) in [6.45, 7) is 4.30. The Kier molecular flexibility index (Phi) is 3.62. The first-order valence-corrected chi connectivity index (χ1v) is 7.56. The van der Waals surface area contributed by atoms with Crippen molar-refractivity contribution in [1.29, 1.82) is 0 Å². The highest BCUT2D eigenvalue weighted by Gasteiger charge is 2.14. The van der Waals surface area contributed by atoms with Crippen molar-refractivity contribution in [1.82, 2.24) is 0 Å². The number of nitrogens with two attached hydrogens (primary N) is 1. The lowest BCUT2D eigenvalue weighted by Gasteiger charge is -2.15. The van der Waals surface area contributed by atoms with Gasteiger partial charge in [0.2, 0.25) is 0 Å². The fourth-order valence-electron chi connectivity index (χ4n) is 3.38. The summed E-state index contributed by atoms with van der Waals surface area (Å²) in [5.74, 6) is 0. The smallest absolute Gasteiger partial charge is 0.0335 e. The Hall–Kier alpha value is -1.60. The van der Waals surface area contributed by atoms with Crippen molar-refractivity contribution >= 4 is 0 Å². The van der Waals surface area contributed by atoms with Crippen LogP contribution in [0.5, 0.6) is 0 Å². The molecule has 1 aliphatic carbocycles. The van der Waals surface area contributed by atoms with Crippen molar-refractivity contribution < 1.29 is 0 Å². The Morgan fingerprint density at radius 2 is 1.65 bits per heavy atom. The van der Waals surface area contributed by atoms with Crippen LogP contribution in [0, 0.1) is 13.8 Å². The van der Waals surface area contributed by atoms with Gasteiger partial charge in [0.25, 0.3) is 0 Å². The van der Waals surface area contributed by atoms with E-state index in [1.165, 1.54) is 52.6 Å². The molecule has 2 N–H and O–H groups in total. The van der Waals surface area contributed by atoms with Crippen molar-refractivity contribution in [3.63, 3.8) is 0 Å². The number of fused-ring (bicyclic) bond motifs is 1. The van der Waals surface area contributed by atoms with Crippen molar-refractivity contribution in [3.8, 4) is 0 Å². The molecule has 0 fully saturated rings. The molecule has 0 bridgehead atoms. The fourth-order valence-corrected chi connectivity index (χ4v) is 3.38. The summed E-state index contributed by atoms with van der Waals surface area (Å²) in [6, 6.07) is 13.6. The minimum Gasteiger partial charge on any atom is -0.324 e. The lowest BCUT2D eigenvalue weighted by atomic mass is 9.95. The van der Waals surface area contributed by atoms with Gasteiger partial charge in [0.05, 0.1) is 0 Å². The minimum absolute atomic E-state index is 0.0992. The van der Waals surface area contributed by atoms with Gasteiger partial charge in [-0.15, -0.1) is 0 Å². The Bertz CT molecular complexity index is 607. The van der Waals surface area contributed by atoms with Gasteiger partial charge in [-0.25, -0.2) is 0 Å². The van der Waals surface area contributed by atoms with Gasteiger partial charge >= 0.3 is 0 Å². The van der Waals surface area contributed by atoms with Crippen LogP contribution in [0.1, 0.15) is 45.8 Å². The maximum atomic E-state index is 6.42. The topological polar surface area (TPSA) is 26.0 Å². The predicted octanol–water partition coefficient (Wildman–Crippen LogP) is 4.03. The first-order chi connectivity index (χ1) is 9.61. The Morgan fingerprint density at radius 3 is 2.40 bits per heavy atom. The summed E-state index contributed by atoms with van der Waals surface area (Å²) in [6.07, 6.45) is 4.67. The van der Waals surface area contributed by atoms with Crippen molar-refractivity contribution in [2.75, 3.05) is 0 Å². The van der Waals surface area contributed by atoms with Gasteiger partial charge in [-0.1, -0.05) is 47.5 Å². The summed E-state index contributed by atoms with van der Waals surface area (Å²) < 4.78 is 0. The quantitative estimate of drug-likeness (QED) is 0.890. The van der Waals surface area contributed by atoms with Crippen molar-refractivity contribution in [3.05, 3.63) is 69.8 Å². The van der Waals surface area contributed by atoms with Crippen LogP contribution < -0.4 is 5.73 Å². The second-order valence-corrected chi connectivity index (χ2v) is 6.19. The van der Waals surface area contributed by atoms with Crippen LogP contribution in [0.2, 0.25) is 0 Å². The molecule has 0 aromatic heterocycles. The van der Waals surface area contributed by atoms with E-state index in [-0.39, 0.29) is 6.04 Å². The predicted molar refractivity (Wildman–Crippen MR) is 85.0 cm³/mol. The number of aryl methyl sites for hydroxylation is 4. The molecule has 104 valence electrons. The maximum absolute atomic E-state index is 6.42. The van der Waals surface area contributed by atoms with E-state index < -0.39 is 0 Å². The summed E-state index contributed by atoms with van der Waals surface area (Å²) in [7, 11) is 0. The molecular formula is C19H23N. The Morgan fingerprint density at radius 1 is 0.950 bits per heavy atom. The molecule has 0 radical (unpaired) electrons. The van der Waals surface area contributed by atoms with E-state index >= 15 is 0 Å². The molecule has 1 heteroatoms. The molecule has 20 heavy (non-hydrogen) atoms. The van der Waals surface area contributed by atoms with Crippen LogP contribution in [0.3, 0.4) is 0 Å². The molecule has 0 heterocycles. The van der Waals surface area contributed by atoms with Crippen LogP contribution >= 0.6 is 0 Å². The van der Waals surface area contributed by atoms with Crippen LogP contribution in [-0.4, -0.2) is 0 Å².